The lowest BCUT2D eigenvalue weighted by Crippen LogP contribution is -2.27. The van der Waals surface area contributed by atoms with Crippen LogP contribution in [-0.4, -0.2) is 5.91 Å². The lowest BCUT2D eigenvalue weighted by molar-refractivity contribution is -0.117. The highest BCUT2D eigenvalue weighted by molar-refractivity contribution is 6.31. The normalized spacial score (nSPS) is 12.0. The van der Waals surface area contributed by atoms with Gasteiger partial charge >= 0.3 is 0 Å². The summed E-state index contributed by atoms with van der Waals surface area (Å²) in [5.41, 5.74) is 9.49. The molecule has 2 aromatic rings. The van der Waals surface area contributed by atoms with Crippen molar-refractivity contribution in [2.75, 3.05) is 5.32 Å². The van der Waals surface area contributed by atoms with Crippen LogP contribution < -0.4 is 11.1 Å². The second-order valence-electron chi connectivity index (χ2n) is 4.84. The summed E-state index contributed by atoms with van der Waals surface area (Å²) in [5, 5.41) is 3.39. The van der Waals surface area contributed by atoms with Gasteiger partial charge in [0.2, 0.25) is 5.91 Å². The molecule has 0 aliphatic rings. The average Bonchev–Trinajstić information content (AvgIpc) is 2.43. The molecule has 1 unspecified atom stereocenters. The second-order valence-corrected chi connectivity index (χ2v) is 5.25. The molecule has 0 saturated carbocycles. The Bertz CT molecular complexity index is 623. The van der Waals surface area contributed by atoms with E-state index >= 15 is 0 Å². The Balaban J connectivity index is 2.11. The van der Waals surface area contributed by atoms with Crippen LogP contribution in [0.5, 0.6) is 0 Å². The van der Waals surface area contributed by atoms with Crippen molar-refractivity contribution in [1.82, 2.24) is 0 Å². The molecule has 3 N–H and O–H groups in total. The molecule has 0 heterocycles. The molecular formula is C16H17ClN2O. The molecule has 2 rings (SSSR count). The number of hydrogen-bond donors (Lipinski definition) is 2. The van der Waals surface area contributed by atoms with Crippen molar-refractivity contribution in [1.29, 1.82) is 0 Å². The number of anilines is 1. The maximum Gasteiger partial charge on any atom is 0.245 e. The molecule has 4 heteroatoms. The lowest BCUT2D eigenvalue weighted by Gasteiger charge is -2.13. The van der Waals surface area contributed by atoms with Gasteiger partial charge in [0.1, 0.15) is 6.04 Å². The zero-order valence-corrected chi connectivity index (χ0v) is 12.2. The molecule has 20 heavy (non-hydrogen) atoms. The van der Waals surface area contributed by atoms with Crippen molar-refractivity contribution < 1.29 is 4.79 Å². The fourth-order valence-electron chi connectivity index (χ4n) is 1.82. The average molecular weight is 289 g/mol. The number of nitrogens with one attached hydrogen (secondary N) is 1. The van der Waals surface area contributed by atoms with Gasteiger partial charge in [-0.25, -0.2) is 0 Å². The number of carbonyl (C=O) groups is 1. The minimum absolute atomic E-state index is 0.256. The Labute approximate surface area is 123 Å². The predicted octanol–water partition coefficient (Wildman–Crippen LogP) is 3.60. The van der Waals surface area contributed by atoms with Crippen molar-refractivity contribution in [2.24, 2.45) is 5.73 Å². The smallest absolute Gasteiger partial charge is 0.245 e. The van der Waals surface area contributed by atoms with E-state index in [1.54, 1.807) is 12.1 Å². The maximum atomic E-state index is 12.1. The summed E-state index contributed by atoms with van der Waals surface area (Å²) in [5.74, 6) is -0.256. The Morgan fingerprint density at radius 3 is 2.40 bits per heavy atom. The van der Waals surface area contributed by atoms with Gasteiger partial charge in [0.05, 0.1) is 0 Å². The number of aryl methyl sites for hydroxylation is 2. The third-order valence-corrected chi connectivity index (χ3v) is 3.57. The van der Waals surface area contributed by atoms with E-state index in [-0.39, 0.29) is 5.91 Å². The second kappa shape index (κ2) is 6.07. The van der Waals surface area contributed by atoms with Crippen LogP contribution in [0.25, 0.3) is 0 Å². The van der Waals surface area contributed by atoms with Crippen LogP contribution in [0.3, 0.4) is 0 Å². The first kappa shape index (κ1) is 14.6. The van der Waals surface area contributed by atoms with Crippen LogP contribution in [0, 0.1) is 13.8 Å². The maximum absolute atomic E-state index is 12.1. The third kappa shape index (κ3) is 3.38. The number of hydrogen-bond acceptors (Lipinski definition) is 2. The molecule has 2 aromatic carbocycles. The van der Waals surface area contributed by atoms with Gasteiger partial charge in [-0.05, 0) is 37.1 Å². The zero-order valence-electron chi connectivity index (χ0n) is 11.5. The van der Waals surface area contributed by atoms with E-state index in [1.165, 1.54) is 0 Å². The van der Waals surface area contributed by atoms with Crippen molar-refractivity contribution >= 4 is 23.2 Å². The van der Waals surface area contributed by atoms with Gasteiger partial charge in [0, 0.05) is 10.7 Å². The van der Waals surface area contributed by atoms with Gasteiger partial charge in [-0.15, -0.1) is 0 Å². The fourth-order valence-corrected chi connectivity index (χ4v) is 2.00. The minimum atomic E-state index is -0.698. The van der Waals surface area contributed by atoms with Gasteiger partial charge in [-0.1, -0.05) is 47.5 Å². The number of halogens is 1. The first-order chi connectivity index (χ1) is 9.47. The monoisotopic (exact) mass is 288 g/mol. The topological polar surface area (TPSA) is 55.1 Å². The summed E-state index contributed by atoms with van der Waals surface area (Å²) < 4.78 is 0. The third-order valence-electron chi connectivity index (χ3n) is 3.16. The number of nitrogens with two attached hydrogens (primary N) is 1. The lowest BCUT2D eigenvalue weighted by atomic mass is 10.1. The molecule has 0 spiro atoms. The van der Waals surface area contributed by atoms with Crippen molar-refractivity contribution in [3.8, 4) is 0 Å². The summed E-state index contributed by atoms with van der Waals surface area (Å²) in [6.45, 7) is 3.90. The van der Waals surface area contributed by atoms with E-state index in [1.807, 2.05) is 44.2 Å². The summed E-state index contributed by atoms with van der Waals surface area (Å²) in [4.78, 5) is 12.1. The molecule has 0 bridgehead atoms. The highest BCUT2D eigenvalue weighted by Crippen LogP contribution is 2.21. The molecular weight excluding hydrogens is 272 g/mol. The van der Waals surface area contributed by atoms with Crippen LogP contribution >= 0.6 is 11.6 Å². The van der Waals surface area contributed by atoms with Crippen LogP contribution in [0.1, 0.15) is 22.7 Å². The van der Waals surface area contributed by atoms with Crippen LogP contribution in [-0.2, 0) is 4.79 Å². The standard InChI is InChI=1S/C16H17ClN2O/c1-10-3-6-12(7-4-10)15(18)16(20)19-13-8-5-11(2)14(17)9-13/h3-9,15H,18H2,1-2H3,(H,19,20). The van der Waals surface area contributed by atoms with Gasteiger partial charge in [0.25, 0.3) is 0 Å². The largest absolute Gasteiger partial charge is 0.324 e. The molecule has 0 aliphatic carbocycles. The molecule has 104 valence electrons. The first-order valence-electron chi connectivity index (χ1n) is 6.36. The summed E-state index contributed by atoms with van der Waals surface area (Å²) in [7, 11) is 0. The summed E-state index contributed by atoms with van der Waals surface area (Å²) in [6.07, 6.45) is 0. The van der Waals surface area contributed by atoms with Gasteiger partial charge in [-0.2, -0.15) is 0 Å². The summed E-state index contributed by atoms with van der Waals surface area (Å²) >= 11 is 6.03. The van der Waals surface area contributed by atoms with E-state index < -0.39 is 6.04 Å². The van der Waals surface area contributed by atoms with Crippen LogP contribution in [0.2, 0.25) is 5.02 Å². The van der Waals surface area contributed by atoms with Crippen molar-refractivity contribution in [3.05, 3.63) is 64.2 Å². The van der Waals surface area contributed by atoms with Crippen molar-refractivity contribution in [3.63, 3.8) is 0 Å². The Morgan fingerprint density at radius 1 is 1.15 bits per heavy atom. The van der Waals surface area contributed by atoms with Crippen LogP contribution in [0.4, 0.5) is 5.69 Å². The Kier molecular flexibility index (Phi) is 4.42. The fraction of sp³-hybridized carbons (Fsp3) is 0.188. The van der Waals surface area contributed by atoms with Crippen LogP contribution in [0.15, 0.2) is 42.5 Å². The molecule has 1 amide bonds. The zero-order chi connectivity index (χ0) is 14.7. The minimum Gasteiger partial charge on any atom is -0.324 e. The molecule has 0 aromatic heterocycles. The predicted molar refractivity (Wildman–Crippen MR) is 82.9 cm³/mol. The quantitative estimate of drug-likeness (QED) is 0.907. The number of carbonyl (C=O) groups excluding carboxylic acids is 1. The van der Waals surface area contributed by atoms with E-state index in [4.69, 9.17) is 17.3 Å². The van der Waals surface area contributed by atoms with Gasteiger partial charge in [0.15, 0.2) is 0 Å². The molecule has 0 radical (unpaired) electrons. The van der Waals surface area contributed by atoms with E-state index in [0.29, 0.717) is 10.7 Å². The Morgan fingerprint density at radius 2 is 1.80 bits per heavy atom. The molecule has 0 saturated heterocycles. The first-order valence-corrected chi connectivity index (χ1v) is 6.74. The van der Waals surface area contributed by atoms with E-state index in [2.05, 4.69) is 5.32 Å². The van der Waals surface area contributed by atoms with Gasteiger partial charge in [-0.3, -0.25) is 4.79 Å². The van der Waals surface area contributed by atoms with E-state index in [9.17, 15) is 4.79 Å². The van der Waals surface area contributed by atoms with Gasteiger partial charge < -0.3 is 11.1 Å². The molecule has 0 fully saturated rings. The molecule has 0 aliphatic heterocycles. The Hall–Kier alpha value is -1.84. The number of benzene rings is 2. The molecule has 3 nitrogen and oxygen atoms in total. The highest BCUT2D eigenvalue weighted by atomic mass is 35.5. The summed E-state index contributed by atoms with van der Waals surface area (Å²) in [6, 6.07) is 12.3. The molecule has 1 atom stereocenters. The van der Waals surface area contributed by atoms with Crippen molar-refractivity contribution in [2.45, 2.75) is 19.9 Å². The highest BCUT2D eigenvalue weighted by Gasteiger charge is 2.15. The number of rotatable bonds is 3. The SMILES string of the molecule is Cc1ccc(C(N)C(=O)Nc2ccc(C)c(Cl)c2)cc1. The number of amides is 1. The van der Waals surface area contributed by atoms with E-state index in [0.717, 1.165) is 16.7 Å².